The van der Waals surface area contributed by atoms with Crippen LogP contribution in [0.4, 0.5) is 5.69 Å². The van der Waals surface area contributed by atoms with E-state index in [4.69, 9.17) is 10.2 Å². The Balaban J connectivity index is 2.26. The van der Waals surface area contributed by atoms with Crippen molar-refractivity contribution >= 4 is 17.6 Å². The van der Waals surface area contributed by atoms with Crippen LogP contribution in [0.25, 0.3) is 0 Å². The molecule has 4 N–H and O–H groups in total. The Morgan fingerprint density at radius 3 is 2.74 bits per heavy atom. The topological polar surface area (TPSA) is 115 Å². The maximum absolute atomic E-state index is 11.9. The van der Waals surface area contributed by atoms with Crippen LogP contribution in [0.5, 0.6) is 0 Å². The Labute approximate surface area is 107 Å². The number of benzene rings is 1. The zero-order chi connectivity index (χ0) is 13.8. The average Bonchev–Trinajstić information content (AvgIpc) is 2.88. The molecule has 2 rings (SSSR count). The van der Waals surface area contributed by atoms with Gasteiger partial charge in [0.05, 0.1) is 12.9 Å². The monoisotopic (exact) mass is 261 g/mol. The van der Waals surface area contributed by atoms with Crippen LogP contribution in [0.3, 0.4) is 0 Å². The van der Waals surface area contributed by atoms with Crippen LogP contribution in [0.15, 0.2) is 30.6 Å². The summed E-state index contributed by atoms with van der Waals surface area (Å²) >= 11 is 0. The molecule has 1 aromatic carbocycles. The third-order valence-corrected chi connectivity index (χ3v) is 2.50. The van der Waals surface area contributed by atoms with E-state index in [2.05, 4.69) is 15.3 Å². The predicted octanol–water partition coefficient (Wildman–Crippen LogP) is 0.853. The number of carbonyl (C=O) groups is 2. The van der Waals surface area contributed by atoms with E-state index >= 15 is 0 Å². The standard InChI is InChI=1S/C12H11N3O4/c16-5-7-3-1-2-4-8(7)15-11(17)9-10(12(18)19)14-6-13-9/h1-4,6,16H,5H2,(H,13,14)(H,15,17)(H,18,19). The molecule has 0 saturated carbocycles. The first-order chi connectivity index (χ1) is 9.13. The number of aromatic nitrogens is 2. The second-order valence-electron chi connectivity index (χ2n) is 3.70. The molecule has 7 nitrogen and oxygen atoms in total. The first-order valence-corrected chi connectivity index (χ1v) is 5.40. The number of hydrogen-bond donors (Lipinski definition) is 4. The molecule has 7 heteroatoms. The predicted molar refractivity (Wildman–Crippen MR) is 65.9 cm³/mol. The number of carboxylic acids is 1. The van der Waals surface area contributed by atoms with Crippen molar-refractivity contribution in [3.63, 3.8) is 0 Å². The highest BCUT2D eigenvalue weighted by molar-refractivity contribution is 6.08. The number of nitrogens with zero attached hydrogens (tertiary/aromatic N) is 1. The fraction of sp³-hybridized carbons (Fsp3) is 0.0833. The molecule has 0 unspecified atom stereocenters. The van der Waals surface area contributed by atoms with Crippen molar-refractivity contribution in [3.8, 4) is 0 Å². The number of aromatic amines is 1. The van der Waals surface area contributed by atoms with Gasteiger partial charge in [0.2, 0.25) is 0 Å². The lowest BCUT2D eigenvalue weighted by atomic mass is 10.2. The Morgan fingerprint density at radius 1 is 1.32 bits per heavy atom. The number of anilines is 1. The normalized spacial score (nSPS) is 10.2. The highest BCUT2D eigenvalue weighted by atomic mass is 16.4. The third kappa shape index (κ3) is 2.61. The molecule has 0 fully saturated rings. The third-order valence-electron chi connectivity index (χ3n) is 2.50. The van der Waals surface area contributed by atoms with Gasteiger partial charge in [0.25, 0.3) is 5.91 Å². The molecular formula is C12H11N3O4. The van der Waals surface area contributed by atoms with E-state index in [1.807, 2.05) is 0 Å². The molecule has 0 saturated heterocycles. The van der Waals surface area contributed by atoms with Gasteiger partial charge in [0.15, 0.2) is 11.4 Å². The van der Waals surface area contributed by atoms with E-state index < -0.39 is 11.9 Å². The number of carboxylic acid groups (broad SMARTS) is 1. The first kappa shape index (κ1) is 12.8. The molecule has 19 heavy (non-hydrogen) atoms. The number of rotatable bonds is 4. The van der Waals surface area contributed by atoms with Gasteiger partial charge >= 0.3 is 5.97 Å². The van der Waals surface area contributed by atoms with E-state index in [0.717, 1.165) is 6.33 Å². The number of hydrogen-bond acceptors (Lipinski definition) is 4. The highest BCUT2D eigenvalue weighted by Gasteiger charge is 2.20. The molecule has 0 aliphatic heterocycles. The summed E-state index contributed by atoms with van der Waals surface area (Å²) in [7, 11) is 0. The van der Waals surface area contributed by atoms with Gasteiger partial charge in [-0.2, -0.15) is 0 Å². The molecule has 0 spiro atoms. The van der Waals surface area contributed by atoms with Gasteiger partial charge in [-0.15, -0.1) is 0 Å². The highest BCUT2D eigenvalue weighted by Crippen LogP contribution is 2.16. The van der Waals surface area contributed by atoms with E-state index in [0.29, 0.717) is 11.3 Å². The summed E-state index contributed by atoms with van der Waals surface area (Å²) in [6, 6.07) is 6.67. The number of aromatic carboxylic acids is 1. The summed E-state index contributed by atoms with van der Waals surface area (Å²) in [6.07, 6.45) is 1.14. The number of amides is 1. The van der Waals surface area contributed by atoms with Gasteiger partial charge in [-0.05, 0) is 6.07 Å². The van der Waals surface area contributed by atoms with Crippen molar-refractivity contribution in [2.75, 3.05) is 5.32 Å². The van der Waals surface area contributed by atoms with Gasteiger partial charge in [-0.25, -0.2) is 9.78 Å². The lowest BCUT2D eigenvalue weighted by Crippen LogP contribution is -2.17. The molecule has 0 aliphatic rings. The quantitative estimate of drug-likeness (QED) is 0.651. The van der Waals surface area contributed by atoms with Gasteiger partial charge in [-0.1, -0.05) is 18.2 Å². The minimum absolute atomic E-state index is 0.208. The minimum atomic E-state index is -1.27. The summed E-state index contributed by atoms with van der Waals surface area (Å²) in [5, 5.41) is 20.5. The van der Waals surface area contributed by atoms with Crippen LogP contribution < -0.4 is 5.32 Å². The zero-order valence-electron chi connectivity index (χ0n) is 9.75. The lowest BCUT2D eigenvalue weighted by Gasteiger charge is -2.08. The van der Waals surface area contributed by atoms with Crippen LogP contribution in [-0.4, -0.2) is 32.1 Å². The molecule has 2 aromatic rings. The molecule has 98 valence electrons. The number of H-pyrrole nitrogens is 1. The van der Waals surface area contributed by atoms with Gasteiger partial charge < -0.3 is 20.5 Å². The maximum Gasteiger partial charge on any atom is 0.354 e. The largest absolute Gasteiger partial charge is 0.477 e. The summed E-state index contributed by atoms with van der Waals surface area (Å²) in [6.45, 7) is -0.233. The maximum atomic E-state index is 11.9. The van der Waals surface area contributed by atoms with E-state index in [9.17, 15) is 9.59 Å². The van der Waals surface area contributed by atoms with E-state index in [1.54, 1.807) is 24.3 Å². The Kier molecular flexibility index (Phi) is 3.58. The number of aliphatic hydroxyl groups is 1. The summed E-state index contributed by atoms with van der Waals surface area (Å²) in [5.74, 6) is -1.92. The molecular weight excluding hydrogens is 250 g/mol. The van der Waals surface area contributed by atoms with E-state index in [1.165, 1.54) is 0 Å². The Bertz CT molecular complexity index is 621. The molecule has 0 atom stereocenters. The SMILES string of the molecule is O=C(Nc1ccccc1CO)c1nc[nH]c1C(=O)O. The van der Waals surface area contributed by atoms with Crippen LogP contribution in [-0.2, 0) is 6.61 Å². The fourth-order valence-corrected chi connectivity index (χ4v) is 1.59. The Morgan fingerprint density at radius 2 is 2.05 bits per heavy atom. The van der Waals surface area contributed by atoms with Crippen molar-refractivity contribution in [3.05, 3.63) is 47.5 Å². The number of para-hydroxylation sites is 1. The number of carbonyl (C=O) groups excluding carboxylic acids is 1. The lowest BCUT2D eigenvalue weighted by molar-refractivity contribution is 0.0686. The fourth-order valence-electron chi connectivity index (χ4n) is 1.59. The summed E-state index contributed by atoms with van der Waals surface area (Å²) in [4.78, 5) is 28.9. The summed E-state index contributed by atoms with van der Waals surface area (Å²) < 4.78 is 0. The number of nitrogens with one attached hydrogen (secondary N) is 2. The molecule has 1 aromatic heterocycles. The van der Waals surface area contributed by atoms with Crippen molar-refractivity contribution in [2.45, 2.75) is 6.61 Å². The molecule has 0 radical (unpaired) electrons. The van der Waals surface area contributed by atoms with Gasteiger partial charge in [0.1, 0.15) is 0 Å². The van der Waals surface area contributed by atoms with Crippen molar-refractivity contribution in [1.82, 2.24) is 9.97 Å². The van der Waals surface area contributed by atoms with Crippen LogP contribution in [0.2, 0.25) is 0 Å². The van der Waals surface area contributed by atoms with Crippen LogP contribution in [0.1, 0.15) is 26.5 Å². The molecule has 1 heterocycles. The van der Waals surface area contributed by atoms with E-state index in [-0.39, 0.29) is 18.0 Å². The average molecular weight is 261 g/mol. The summed E-state index contributed by atoms with van der Waals surface area (Å²) in [5.41, 5.74) is 0.455. The first-order valence-electron chi connectivity index (χ1n) is 5.40. The second-order valence-corrected chi connectivity index (χ2v) is 3.70. The second kappa shape index (κ2) is 5.32. The number of imidazole rings is 1. The van der Waals surface area contributed by atoms with Gasteiger partial charge in [0, 0.05) is 11.3 Å². The Hall–Kier alpha value is -2.67. The number of aliphatic hydroxyl groups excluding tert-OH is 1. The van der Waals surface area contributed by atoms with Crippen LogP contribution >= 0.6 is 0 Å². The van der Waals surface area contributed by atoms with Crippen molar-refractivity contribution in [1.29, 1.82) is 0 Å². The smallest absolute Gasteiger partial charge is 0.354 e. The van der Waals surface area contributed by atoms with Crippen molar-refractivity contribution in [2.24, 2.45) is 0 Å². The van der Waals surface area contributed by atoms with Crippen molar-refractivity contribution < 1.29 is 19.8 Å². The minimum Gasteiger partial charge on any atom is -0.477 e. The van der Waals surface area contributed by atoms with Gasteiger partial charge in [-0.3, -0.25) is 4.79 Å². The molecule has 1 amide bonds. The molecule has 0 aliphatic carbocycles. The zero-order valence-corrected chi connectivity index (χ0v) is 9.75. The van der Waals surface area contributed by atoms with Crippen LogP contribution in [0, 0.1) is 0 Å². The molecule has 0 bridgehead atoms.